The first-order chi connectivity index (χ1) is 10.4. The number of halogens is 1. The topological polar surface area (TPSA) is 72.6 Å². The number of carbonyl (C=O) groups is 2. The number of nitrogens with zero attached hydrogens (tertiary/aromatic N) is 1. The number of primary amides is 1. The fraction of sp³-hybridized carbons (Fsp3) is 0.500. The molecule has 0 aliphatic carbocycles. The van der Waals surface area contributed by atoms with E-state index >= 15 is 0 Å². The summed E-state index contributed by atoms with van der Waals surface area (Å²) in [5.41, 5.74) is 7.00. The van der Waals surface area contributed by atoms with Crippen LogP contribution in [0.5, 0.6) is 5.75 Å². The first-order valence-electron chi connectivity index (χ1n) is 7.32. The first-order valence-corrected chi connectivity index (χ1v) is 7.70. The molecule has 0 aromatic heterocycles. The number of benzene rings is 1. The third kappa shape index (κ3) is 3.71. The Morgan fingerprint density at radius 1 is 1.36 bits per heavy atom. The molecule has 0 spiro atoms. The van der Waals surface area contributed by atoms with E-state index < -0.39 is 0 Å². The summed E-state index contributed by atoms with van der Waals surface area (Å²) in [6, 6.07) is 3.62. The third-order valence-corrected chi connectivity index (χ3v) is 4.56. The number of aryl methyl sites for hydroxylation is 1. The Labute approximate surface area is 135 Å². The molecule has 0 radical (unpaired) electrons. The van der Waals surface area contributed by atoms with Gasteiger partial charge in [-0.3, -0.25) is 9.59 Å². The molecule has 5 nitrogen and oxygen atoms in total. The lowest BCUT2D eigenvalue weighted by Crippen LogP contribution is -2.42. The van der Waals surface area contributed by atoms with Crippen LogP contribution in [0, 0.1) is 12.8 Å². The molecule has 0 saturated carbocycles. The predicted molar refractivity (Wildman–Crippen MR) is 84.9 cm³/mol. The van der Waals surface area contributed by atoms with E-state index in [4.69, 9.17) is 22.1 Å². The van der Waals surface area contributed by atoms with Gasteiger partial charge in [-0.25, -0.2) is 0 Å². The van der Waals surface area contributed by atoms with E-state index in [1.54, 1.807) is 18.1 Å². The lowest BCUT2D eigenvalue weighted by atomic mass is 9.96. The predicted octanol–water partition coefficient (Wildman–Crippen LogP) is 1.92. The van der Waals surface area contributed by atoms with Gasteiger partial charge in [0.15, 0.2) is 0 Å². The van der Waals surface area contributed by atoms with Crippen LogP contribution in [0.15, 0.2) is 12.1 Å². The molecule has 1 saturated heterocycles. The molecule has 0 atom stereocenters. The number of rotatable bonds is 4. The van der Waals surface area contributed by atoms with Crippen molar-refractivity contribution in [3.63, 3.8) is 0 Å². The third-order valence-electron chi connectivity index (χ3n) is 4.15. The highest BCUT2D eigenvalue weighted by Crippen LogP contribution is 2.28. The summed E-state index contributed by atoms with van der Waals surface area (Å²) in [7, 11) is 1.58. The molecule has 1 fully saturated rings. The average Bonchev–Trinajstić information content (AvgIpc) is 2.50. The molecule has 1 aromatic carbocycles. The van der Waals surface area contributed by atoms with Gasteiger partial charge in [-0.15, -0.1) is 0 Å². The van der Waals surface area contributed by atoms with Gasteiger partial charge in [-0.1, -0.05) is 11.6 Å². The minimum absolute atomic E-state index is 0.0149. The van der Waals surface area contributed by atoms with Gasteiger partial charge in [0.2, 0.25) is 11.8 Å². The second-order valence-corrected chi connectivity index (χ2v) is 6.05. The van der Waals surface area contributed by atoms with Crippen molar-refractivity contribution >= 4 is 23.4 Å². The highest BCUT2D eigenvalue weighted by molar-refractivity contribution is 6.31. The number of hydrogen-bond donors (Lipinski definition) is 1. The van der Waals surface area contributed by atoms with E-state index in [-0.39, 0.29) is 24.2 Å². The average molecular weight is 325 g/mol. The van der Waals surface area contributed by atoms with Gasteiger partial charge >= 0.3 is 0 Å². The molecule has 1 heterocycles. The molecule has 0 unspecified atom stereocenters. The molecule has 1 aliphatic heterocycles. The number of likely N-dealkylation sites (tertiary alicyclic amines) is 1. The number of piperidine rings is 1. The van der Waals surface area contributed by atoms with Crippen LogP contribution in [-0.4, -0.2) is 36.9 Å². The van der Waals surface area contributed by atoms with Crippen molar-refractivity contribution in [2.45, 2.75) is 26.2 Å². The van der Waals surface area contributed by atoms with Gasteiger partial charge in [0.25, 0.3) is 0 Å². The maximum Gasteiger partial charge on any atom is 0.227 e. The maximum atomic E-state index is 12.4. The Kier molecular flexibility index (Phi) is 5.29. The molecule has 0 bridgehead atoms. The summed E-state index contributed by atoms with van der Waals surface area (Å²) in [5, 5.41) is 0.621. The van der Waals surface area contributed by atoms with E-state index in [0.717, 1.165) is 11.1 Å². The highest BCUT2D eigenvalue weighted by atomic mass is 35.5. The Balaban J connectivity index is 2.04. The number of hydrogen-bond acceptors (Lipinski definition) is 3. The molecule has 2 amide bonds. The zero-order chi connectivity index (χ0) is 16.3. The van der Waals surface area contributed by atoms with Crippen molar-refractivity contribution in [2.75, 3.05) is 20.2 Å². The number of methoxy groups -OCH3 is 1. The maximum absolute atomic E-state index is 12.4. The monoisotopic (exact) mass is 324 g/mol. The summed E-state index contributed by atoms with van der Waals surface area (Å²) in [6.07, 6.45) is 1.50. The van der Waals surface area contributed by atoms with E-state index in [2.05, 4.69) is 0 Å². The Morgan fingerprint density at radius 2 is 2.00 bits per heavy atom. The lowest BCUT2D eigenvalue weighted by molar-refractivity contribution is -0.134. The molecule has 22 heavy (non-hydrogen) atoms. The van der Waals surface area contributed by atoms with Crippen LogP contribution in [0.4, 0.5) is 0 Å². The summed E-state index contributed by atoms with van der Waals surface area (Å²) in [5.74, 6) is 0.287. The summed E-state index contributed by atoms with van der Waals surface area (Å²) >= 11 is 6.13. The Morgan fingerprint density at radius 3 is 2.55 bits per heavy atom. The minimum Gasteiger partial charge on any atom is -0.496 e. The van der Waals surface area contributed by atoms with Crippen molar-refractivity contribution in [1.29, 1.82) is 0 Å². The molecular weight excluding hydrogens is 304 g/mol. The Hall–Kier alpha value is -1.75. The zero-order valence-corrected chi connectivity index (χ0v) is 13.7. The highest BCUT2D eigenvalue weighted by Gasteiger charge is 2.26. The number of amides is 2. The summed E-state index contributed by atoms with van der Waals surface area (Å²) in [4.78, 5) is 25.4. The largest absolute Gasteiger partial charge is 0.496 e. The summed E-state index contributed by atoms with van der Waals surface area (Å²) < 4.78 is 5.33. The Bertz CT molecular complexity index is 581. The van der Waals surface area contributed by atoms with Gasteiger partial charge in [-0.2, -0.15) is 0 Å². The van der Waals surface area contributed by atoms with Crippen LogP contribution in [-0.2, 0) is 16.0 Å². The van der Waals surface area contributed by atoms with Crippen molar-refractivity contribution in [2.24, 2.45) is 11.7 Å². The number of nitrogens with two attached hydrogens (primary N) is 1. The van der Waals surface area contributed by atoms with Crippen LogP contribution < -0.4 is 10.5 Å². The van der Waals surface area contributed by atoms with E-state index in [1.807, 2.05) is 13.0 Å². The molecule has 1 aliphatic rings. The SMILES string of the molecule is COc1cc(C)c(Cl)cc1CC(=O)N1CCC(C(N)=O)CC1. The van der Waals surface area contributed by atoms with Crippen molar-refractivity contribution in [1.82, 2.24) is 4.90 Å². The van der Waals surface area contributed by atoms with Crippen LogP contribution >= 0.6 is 11.6 Å². The van der Waals surface area contributed by atoms with Gasteiger partial charge in [0, 0.05) is 29.6 Å². The van der Waals surface area contributed by atoms with E-state index in [1.165, 1.54) is 0 Å². The smallest absolute Gasteiger partial charge is 0.227 e. The van der Waals surface area contributed by atoms with Crippen molar-refractivity contribution < 1.29 is 14.3 Å². The quantitative estimate of drug-likeness (QED) is 0.919. The van der Waals surface area contributed by atoms with Gasteiger partial charge in [0.1, 0.15) is 5.75 Å². The minimum atomic E-state index is -0.279. The van der Waals surface area contributed by atoms with Crippen LogP contribution in [0.25, 0.3) is 0 Å². The van der Waals surface area contributed by atoms with Crippen molar-refractivity contribution in [3.05, 3.63) is 28.3 Å². The van der Waals surface area contributed by atoms with Crippen molar-refractivity contribution in [3.8, 4) is 5.75 Å². The standard InChI is InChI=1S/C16H21ClN2O3/c1-10-7-14(22-2)12(8-13(10)17)9-15(20)19-5-3-11(4-6-19)16(18)21/h7-8,11H,3-6,9H2,1-2H3,(H2,18,21). The van der Waals surface area contributed by atoms with Crippen LogP contribution in [0.2, 0.25) is 5.02 Å². The lowest BCUT2D eigenvalue weighted by Gasteiger charge is -2.30. The second kappa shape index (κ2) is 7.01. The van der Waals surface area contributed by atoms with Crippen LogP contribution in [0.3, 0.4) is 0 Å². The molecule has 1 aromatic rings. The van der Waals surface area contributed by atoms with Gasteiger partial charge < -0.3 is 15.4 Å². The summed E-state index contributed by atoms with van der Waals surface area (Å²) in [6.45, 7) is 3.02. The van der Waals surface area contributed by atoms with E-state index in [9.17, 15) is 9.59 Å². The fourth-order valence-electron chi connectivity index (χ4n) is 2.71. The number of ether oxygens (including phenoxy) is 1. The molecule has 2 rings (SSSR count). The van der Waals surface area contributed by atoms with Crippen LogP contribution in [0.1, 0.15) is 24.0 Å². The second-order valence-electron chi connectivity index (χ2n) is 5.65. The van der Waals surface area contributed by atoms with Gasteiger partial charge in [0.05, 0.1) is 13.5 Å². The molecule has 6 heteroatoms. The van der Waals surface area contributed by atoms with E-state index in [0.29, 0.717) is 36.7 Å². The number of carbonyl (C=O) groups excluding carboxylic acids is 2. The molecular formula is C16H21ClN2O3. The molecule has 120 valence electrons. The first kappa shape index (κ1) is 16.6. The zero-order valence-electron chi connectivity index (χ0n) is 12.9. The van der Waals surface area contributed by atoms with Gasteiger partial charge in [-0.05, 0) is 37.5 Å². The fourth-order valence-corrected chi connectivity index (χ4v) is 2.90. The molecule has 2 N–H and O–H groups in total. The normalized spacial score (nSPS) is 15.7.